The van der Waals surface area contributed by atoms with Gasteiger partial charge in [-0.2, -0.15) is 0 Å². The Bertz CT molecular complexity index is 31.9. The van der Waals surface area contributed by atoms with Crippen molar-refractivity contribution in [1.82, 2.24) is 0 Å². The van der Waals surface area contributed by atoms with E-state index in [9.17, 15) is 0 Å². The molecule has 0 unspecified atom stereocenters. The molecule has 0 heterocycles. The second-order valence-corrected chi connectivity index (χ2v) is 0. The van der Waals surface area contributed by atoms with Crippen molar-refractivity contribution in [3.8, 4) is 0 Å². The van der Waals surface area contributed by atoms with Crippen LogP contribution in [0.4, 0.5) is 0 Å². The molecule has 20 heteroatoms. The third-order valence-electron chi connectivity index (χ3n) is 0. The minimum Gasteiger partial charge on any atom is -2.00 e. The minimum atomic E-state index is 0. The molecule has 0 fully saturated rings. The molecule has 0 aromatic carbocycles. The molecule has 0 aliphatic carbocycles. The van der Waals surface area contributed by atoms with Crippen molar-refractivity contribution < 1.29 is 164 Å². The fourth-order valence-electron chi connectivity index (χ4n) is 0. The molecule has 0 bridgehead atoms. The van der Waals surface area contributed by atoms with Crippen LogP contribution in [0.15, 0.2) is 0 Å². The van der Waals surface area contributed by atoms with Gasteiger partial charge in [-0.25, -0.2) is 0 Å². The Labute approximate surface area is 250 Å². The first kappa shape index (κ1) is 482. The van der Waals surface area contributed by atoms with E-state index in [1.165, 1.54) is 0 Å². The standard InChI is InChI=1S/3Al.2Ga.12O.3Y/q5*+3;12*-2;3*+3. The van der Waals surface area contributed by atoms with Crippen LogP contribution in [-0.2, 0) is 164 Å². The van der Waals surface area contributed by atoms with E-state index < -0.39 is 0 Å². The fraction of sp³-hybridized carbons (Fsp3) is 0. The third-order valence-corrected chi connectivity index (χ3v) is 0. The molecule has 0 N–H and O–H groups in total. The van der Waals surface area contributed by atoms with Crippen molar-refractivity contribution in [2.45, 2.75) is 0 Å². The van der Waals surface area contributed by atoms with Gasteiger partial charge in [0.15, 0.2) is 0 Å². The largest absolute Gasteiger partial charge is 3.00 e. The van der Waals surface area contributed by atoms with E-state index >= 15 is 0 Å². The Morgan fingerprint density at radius 1 is 0.200 bits per heavy atom. The molecule has 0 saturated carbocycles. The van der Waals surface area contributed by atoms with Gasteiger partial charge in [-0.05, 0) is 0 Å². The first-order valence-corrected chi connectivity index (χ1v) is 0. The molecule has 0 aromatic heterocycles. The predicted molar refractivity (Wildman–Crippen MR) is 37.0 cm³/mol. The Hall–Kier alpha value is 5.70. The van der Waals surface area contributed by atoms with E-state index in [4.69, 9.17) is 0 Å². The van der Waals surface area contributed by atoms with Gasteiger partial charge in [-0.3, -0.25) is 0 Å². The number of hydrogen-bond donors (Lipinski definition) is 0. The summed E-state index contributed by atoms with van der Waals surface area (Å²) >= 11 is 0. The van der Waals surface area contributed by atoms with Crippen molar-refractivity contribution in [2.24, 2.45) is 0 Å². The average molecular weight is 679 g/mol. The van der Waals surface area contributed by atoms with Crippen LogP contribution in [0.1, 0.15) is 0 Å². The Kier molecular flexibility index (Phi) is 10300. The summed E-state index contributed by atoms with van der Waals surface area (Å²) in [6.45, 7) is 0. The zero-order valence-electron chi connectivity index (χ0n) is 9.52. The van der Waals surface area contributed by atoms with Crippen LogP contribution in [-0.4, -0.2) is 91.7 Å². The van der Waals surface area contributed by atoms with Gasteiger partial charge in [0, 0.05) is 0 Å². The first-order chi connectivity index (χ1) is 0. The summed E-state index contributed by atoms with van der Waals surface area (Å²) in [4.78, 5) is 0. The van der Waals surface area contributed by atoms with Crippen molar-refractivity contribution in [1.29, 1.82) is 0 Å². The zero-order chi connectivity index (χ0) is 0. The molecular formula is Al3Ga2O12Y3. The summed E-state index contributed by atoms with van der Waals surface area (Å²) in [6, 6.07) is 0. The van der Waals surface area contributed by atoms with Crippen molar-refractivity contribution in [3.63, 3.8) is 0 Å². The summed E-state index contributed by atoms with van der Waals surface area (Å²) < 4.78 is 0. The van der Waals surface area contributed by atoms with Gasteiger partial charge in [-0.1, -0.05) is 0 Å². The van der Waals surface area contributed by atoms with Gasteiger partial charge >= 0.3 is 190 Å². The monoisotopic (exact) mass is 677 g/mol. The minimum absolute atomic E-state index is 0. The maximum absolute atomic E-state index is 0. The van der Waals surface area contributed by atoms with Crippen LogP contribution < -0.4 is 0 Å². The van der Waals surface area contributed by atoms with Crippen LogP contribution >= 0.6 is 0 Å². The Morgan fingerprint density at radius 3 is 0.200 bits per heavy atom. The molecule has 0 amide bonds. The SMILES string of the molecule is [Al+3].[Al+3].[Al+3].[Ga+3].[Ga+3].[O-2].[O-2].[O-2].[O-2].[O-2].[O-2].[O-2].[O-2].[O-2].[O-2].[O-2].[O-2].[Y+3].[Y+3].[Y+3]. The maximum atomic E-state index is 0. The van der Waals surface area contributed by atoms with E-state index in [0.717, 1.165) is 0 Å². The summed E-state index contributed by atoms with van der Waals surface area (Å²) in [5.41, 5.74) is 0. The molecule has 0 saturated heterocycles. The average Bonchev–Trinajstić information content (AvgIpc) is 0. The van der Waals surface area contributed by atoms with Crippen LogP contribution in [0.3, 0.4) is 0 Å². The van der Waals surface area contributed by atoms with E-state index in [1.54, 1.807) is 0 Å². The summed E-state index contributed by atoms with van der Waals surface area (Å²) in [5, 5.41) is 0. The van der Waals surface area contributed by atoms with Crippen LogP contribution in [0.25, 0.3) is 0 Å². The van der Waals surface area contributed by atoms with Gasteiger partial charge in [0.25, 0.3) is 0 Å². The van der Waals surface area contributed by atoms with Gasteiger partial charge in [0.1, 0.15) is 0 Å². The molecule has 0 aromatic rings. The van der Waals surface area contributed by atoms with Gasteiger partial charge in [-0.15, -0.1) is 0 Å². The molecule has 20 heavy (non-hydrogen) atoms. The maximum Gasteiger partial charge on any atom is 3.00 e. The normalized spacial score (nSPS) is 0. The van der Waals surface area contributed by atoms with Crippen molar-refractivity contribution in [2.75, 3.05) is 0 Å². The molecule has 0 rings (SSSR count). The quantitative estimate of drug-likeness (QED) is 0.227. The van der Waals surface area contributed by atoms with Crippen molar-refractivity contribution in [3.05, 3.63) is 0 Å². The van der Waals surface area contributed by atoms with Crippen LogP contribution in [0.2, 0.25) is 0 Å². The predicted octanol–water partition coefficient (Wildman–Crippen LogP) is -3.34. The van der Waals surface area contributed by atoms with E-state index in [0.29, 0.717) is 0 Å². The fourth-order valence-corrected chi connectivity index (χ4v) is 0. The van der Waals surface area contributed by atoms with Crippen LogP contribution in [0.5, 0.6) is 0 Å². The molecule has 0 atom stereocenters. The second kappa shape index (κ2) is 427. The first-order valence-electron chi connectivity index (χ1n) is 0. The Morgan fingerprint density at radius 2 is 0.200 bits per heavy atom. The van der Waals surface area contributed by atoms with E-state index in [-0.39, 0.29) is 256 Å². The molecule has 0 radical (unpaired) electrons. The summed E-state index contributed by atoms with van der Waals surface area (Å²) in [6.07, 6.45) is 0. The molecule has 96 valence electrons. The van der Waals surface area contributed by atoms with Crippen LogP contribution in [0, 0.1) is 0 Å². The van der Waals surface area contributed by atoms with Crippen molar-refractivity contribution >= 4 is 91.7 Å². The summed E-state index contributed by atoms with van der Waals surface area (Å²) in [5.74, 6) is 0. The molecule has 12 nitrogen and oxygen atoms in total. The van der Waals surface area contributed by atoms with E-state index in [1.807, 2.05) is 0 Å². The topological polar surface area (TPSA) is 342 Å². The molecule has 0 aliphatic rings. The smallest absolute Gasteiger partial charge is 2.00 e. The third kappa shape index (κ3) is 376. The number of hydrogen-bond acceptors (Lipinski definition) is 0. The Balaban J connectivity index is 0. The number of rotatable bonds is 0. The molecular weight excluding hydrogens is 679 g/mol. The molecule has 0 aliphatic heterocycles. The van der Waals surface area contributed by atoms with Gasteiger partial charge in [0.05, 0.1) is 0 Å². The van der Waals surface area contributed by atoms with Gasteiger partial charge in [0.2, 0.25) is 0 Å². The zero-order valence-corrected chi connectivity index (χ0v) is 26.3. The second-order valence-electron chi connectivity index (χ2n) is 0. The van der Waals surface area contributed by atoms with E-state index in [2.05, 4.69) is 0 Å². The summed E-state index contributed by atoms with van der Waals surface area (Å²) in [7, 11) is 0. The molecule has 0 spiro atoms. The van der Waals surface area contributed by atoms with Gasteiger partial charge < -0.3 is 65.7 Å².